The molecule has 33 heavy (non-hydrogen) atoms. The molecule has 1 fully saturated rings. The molecule has 1 amide bonds. The highest BCUT2D eigenvalue weighted by molar-refractivity contribution is 8.15. The first kappa shape index (κ1) is 22.2. The molecule has 2 aromatic rings. The van der Waals surface area contributed by atoms with Crippen molar-refractivity contribution in [2.24, 2.45) is 4.40 Å². The van der Waals surface area contributed by atoms with Crippen LogP contribution < -0.4 is 9.64 Å². The molecule has 2 aromatic carbocycles. The Hall–Kier alpha value is -2.56. The lowest BCUT2D eigenvalue weighted by molar-refractivity contribution is 0.0638. The molecule has 0 spiro atoms. The molecule has 0 aromatic heterocycles. The van der Waals surface area contributed by atoms with E-state index in [1.165, 1.54) is 17.3 Å². The van der Waals surface area contributed by atoms with E-state index in [1.54, 1.807) is 7.11 Å². The number of benzene rings is 2. The molecular formula is C23H26N4O4S2. The molecule has 0 atom stereocenters. The van der Waals surface area contributed by atoms with Crippen molar-refractivity contribution in [1.29, 1.82) is 0 Å². The summed E-state index contributed by atoms with van der Waals surface area (Å²) in [6.45, 7) is 4.46. The minimum absolute atomic E-state index is 0.0138. The van der Waals surface area contributed by atoms with Crippen LogP contribution in [-0.4, -0.2) is 81.4 Å². The Morgan fingerprint density at radius 1 is 1.06 bits per heavy atom. The van der Waals surface area contributed by atoms with Crippen molar-refractivity contribution in [3.05, 3.63) is 53.6 Å². The number of carbonyl (C=O) groups excluding carboxylic acids is 1. The molecule has 0 unspecified atom stereocenters. The number of piperazine rings is 1. The van der Waals surface area contributed by atoms with Crippen LogP contribution in [0.3, 0.4) is 0 Å². The lowest BCUT2D eigenvalue weighted by Gasteiger charge is -2.34. The summed E-state index contributed by atoms with van der Waals surface area (Å²) < 4.78 is 32.7. The van der Waals surface area contributed by atoms with E-state index < -0.39 is 10.0 Å². The van der Waals surface area contributed by atoms with Crippen molar-refractivity contribution in [2.75, 3.05) is 57.0 Å². The van der Waals surface area contributed by atoms with Crippen molar-refractivity contribution in [3.8, 4) is 5.75 Å². The van der Waals surface area contributed by atoms with Gasteiger partial charge in [0, 0.05) is 49.7 Å². The van der Waals surface area contributed by atoms with E-state index in [0.29, 0.717) is 30.4 Å². The summed E-state index contributed by atoms with van der Waals surface area (Å²) in [5.41, 5.74) is 2.84. The Bertz CT molecular complexity index is 1190. The Morgan fingerprint density at radius 3 is 2.55 bits per heavy atom. The fraction of sp³-hybridized carbons (Fsp3) is 0.391. The second-order valence-electron chi connectivity index (χ2n) is 8.33. The molecule has 0 aliphatic carbocycles. The van der Waals surface area contributed by atoms with E-state index in [4.69, 9.17) is 4.74 Å². The Balaban J connectivity index is 1.17. The van der Waals surface area contributed by atoms with Crippen LogP contribution in [0.1, 0.15) is 15.9 Å². The maximum absolute atomic E-state index is 13.1. The molecule has 0 saturated carbocycles. The molecule has 8 nitrogen and oxygen atoms in total. The number of nitrogens with zero attached hydrogens (tertiary/aromatic N) is 4. The summed E-state index contributed by atoms with van der Waals surface area (Å²) in [4.78, 5) is 20.2. The summed E-state index contributed by atoms with van der Waals surface area (Å²) in [5.74, 6) is 0.900. The van der Waals surface area contributed by atoms with Crippen LogP contribution in [0.5, 0.6) is 5.75 Å². The highest BCUT2D eigenvalue weighted by Crippen LogP contribution is 2.42. The van der Waals surface area contributed by atoms with Gasteiger partial charge in [-0.15, -0.1) is 4.40 Å². The molecule has 174 valence electrons. The van der Waals surface area contributed by atoms with Crippen LogP contribution >= 0.6 is 11.8 Å². The maximum Gasteiger partial charge on any atom is 0.257 e. The van der Waals surface area contributed by atoms with E-state index in [9.17, 15) is 13.2 Å². The van der Waals surface area contributed by atoms with E-state index >= 15 is 0 Å². The van der Waals surface area contributed by atoms with Gasteiger partial charge in [-0.05, 0) is 54.1 Å². The van der Waals surface area contributed by atoms with Crippen LogP contribution in [0, 0.1) is 0 Å². The number of methoxy groups -OCH3 is 1. The number of thioether (sulfide) groups is 1. The van der Waals surface area contributed by atoms with Gasteiger partial charge in [-0.1, -0.05) is 12.1 Å². The van der Waals surface area contributed by atoms with Crippen LogP contribution in [0.2, 0.25) is 0 Å². The van der Waals surface area contributed by atoms with Gasteiger partial charge >= 0.3 is 0 Å². The molecule has 0 N–H and O–H groups in total. The second-order valence-corrected chi connectivity index (χ2v) is 11.1. The molecule has 10 heteroatoms. The first-order chi connectivity index (χ1) is 15.9. The van der Waals surface area contributed by atoms with Gasteiger partial charge in [0.2, 0.25) is 0 Å². The van der Waals surface area contributed by atoms with Crippen molar-refractivity contribution < 1.29 is 17.9 Å². The van der Waals surface area contributed by atoms with E-state index in [-0.39, 0.29) is 11.7 Å². The summed E-state index contributed by atoms with van der Waals surface area (Å²) in [6.07, 6.45) is 0.968. The minimum Gasteiger partial charge on any atom is -0.497 e. The van der Waals surface area contributed by atoms with Gasteiger partial charge in [-0.25, -0.2) is 8.42 Å². The van der Waals surface area contributed by atoms with Crippen molar-refractivity contribution in [1.82, 2.24) is 9.80 Å². The number of amidine groups is 1. The molecule has 5 rings (SSSR count). The Kier molecular flexibility index (Phi) is 6.07. The molecule has 1 saturated heterocycles. The summed E-state index contributed by atoms with van der Waals surface area (Å²) in [6, 6.07) is 13.8. The molecule has 3 heterocycles. The van der Waals surface area contributed by atoms with Gasteiger partial charge in [0.05, 0.1) is 18.6 Å². The van der Waals surface area contributed by atoms with Crippen LogP contribution in [0.25, 0.3) is 0 Å². The van der Waals surface area contributed by atoms with Gasteiger partial charge in [-0.2, -0.15) is 0 Å². The van der Waals surface area contributed by atoms with Gasteiger partial charge < -0.3 is 14.5 Å². The zero-order valence-corrected chi connectivity index (χ0v) is 20.1. The van der Waals surface area contributed by atoms with Crippen LogP contribution in [-0.2, 0) is 16.4 Å². The fourth-order valence-electron chi connectivity index (χ4n) is 4.30. The predicted octanol–water partition coefficient (Wildman–Crippen LogP) is 2.31. The molecule has 3 aliphatic heterocycles. The second kappa shape index (κ2) is 9.00. The van der Waals surface area contributed by atoms with Crippen molar-refractivity contribution in [3.63, 3.8) is 0 Å². The van der Waals surface area contributed by atoms with E-state index in [0.717, 1.165) is 42.4 Å². The topological polar surface area (TPSA) is 82.5 Å². The number of fused-ring (bicyclic) bond motifs is 3. The number of rotatable bonds is 5. The largest absolute Gasteiger partial charge is 0.497 e. The third-order valence-corrected chi connectivity index (χ3v) is 8.56. The lowest BCUT2D eigenvalue weighted by atomic mass is 10.1. The standard InChI is InChI=1S/C23H26N4O4S2/c1-31-19-5-2-17(3-6-19)8-9-25-10-12-26(13-11-25)22(28)18-4-7-20-21(16-18)32-23-24-33(29,30)15-14-27(20)23/h2-7,16H,8-15H2,1H3. The predicted molar refractivity (Wildman–Crippen MR) is 130 cm³/mol. The molecule has 3 aliphatic rings. The average molecular weight is 487 g/mol. The smallest absolute Gasteiger partial charge is 0.257 e. The van der Waals surface area contributed by atoms with Gasteiger partial charge in [0.1, 0.15) is 5.75 Å². The van der Waals surface area contributed by atoms with Gasteiger partial charge in [0.25, 0.3) is 15.9 Å². The van der Waals surface area contributed by atoms with Crippen LogP contribution in [0.15, 0.2) is 51.8 Å². The zero-order valence-electron chi connectivity index (χ0n) is 18.4. The normalized spacial score (nSPS) is 19.6. The number of hydrogen-bond acceptors (Lipinski definition) is 7. The number of ether oxygens (including phenoxy) is 1. The number of hydrogen-bond donors (Lipinski definition) is 0. The van der Waals surface area contributed by atoms with Crippen LogP contribution in [0.4, 0.5) is 5.69 Å². The third-order valence-electron chi connectivity index (χ3n) is 6.25. The highest BCUT2D eigenvalue weighted by atomic mass is 32.2. The maximum atomic E-state index is 13.1. The van der Waals surface area contributed by atoms with E-state index in [2.05, 4.69) is 21.4 Å². The monoisotopic (exact) mass is 486 g/mol. The Labute approximate surface area is 198 Å². The summed E-state index contributed by atoms with van der Waals surface area (Å²) in [7, 11) is -1.72. The zero-order chi connectivity index (χ0) is 23.0. The SMILES string of the molecule is COc1ccc(CCN2CCN(C(=O)c3ccc4c(c3)SC3=NS(=O)(=O)CCN34)CC2)cc1. The van der Waals surface area contributed by atoms with Gasteiger partial charge in [0.15, 0.2) is 5.17 Å². The minimum atomic E-state index is -3.39. The van der Waals surface area contributed by atoms with Gasteiger partial charge in [-0.3, -0.25) is 9.69 Å². The lowest BCUT2D eigenvalue weighted by Crippen LogP contribution is -2.49. The third kappa shape index (κ3) is 4.73. The molecule has 0 bridgehead atoms. The number of carbonyl (C=O) groups is 1. The van der Waals surface area contributed by atoms with Crippen molar-refractivity contribution in [2.45, 2.75) is 11.3 Å². The number of sulfonamides is 1. The molecular weight excluding hydrogens is 460 g/mol. The number of amides is 1. The summed E-state index contributed by atoms with van der Waals surface area (Å²) >= 11 is 1.32. The van der Waals surface area contributed by atoms with E-state index in [1.807, 2.05) is 40.1 Å². The van der Waals surface area contributed by atoms with Crippen molar-refractivity contribution >= 4 is 38.5 Å². The fourth-order valence-corrected chi connectivity index (χ4v) is 6.60. The highest BCUT2D eigenvalue weighted by Gasteiger charge is 2.34. The Morgan fingerprint density at radius 2 is 1.82 bits per heavy atom. The first-order valence-corrected chi connectivity index (χ1v) is 13.4. The quantitative estimate of drug-likeness (QED) is 0.641. The summed E-state index contributed by atoms with van der Waals surface area (Å²) in [5, 5.41) is 0.478. The average Bonchev–Trinajstić information content (AvgIpc) is 3.18. The first-order valence-electron chi connectivity index (χ1n) is 11.0. The molecule has 0 radical (unpaired) electrons. The number of anilines is 1.